The van der Waals surface area contributed by atoms with Crippen LogP contribution >= 0.6 is 11.8 Å². The Morgan fingerprint density at radius 3 is 2.59 bits per heavy atom. The second-order valence-electron chi connectivity index (χ2n) is 5.25. The minimum atomic E-state index is 0.363. The van der Waals surface area contributed by atoms with Crippen molar-refractivity contribution in [3.8, 4) is 0 Å². The molecule has 1 heterocycles. The molecule has 0 aromatic carbocycles. The molecule has 0 amide bonds. The molecule has 0 aliphatic carbocycles. The molecule has 1 aliphatic heterocycles. The van der Waals surface area contributed by atoms with Gasteiger partial charge in [-0.05, 0) is 45.0 Å². The van der Waals surface area contributed by atoms with Crippen molar-refractivity contribution in [3.05, 3.63) is 0 Å². The van der Waals surface area contributed by atoms with Crippen molar-refractivity contribution < 1.29 is 0 Å². The summed E-state index contributed by atoms with van der Waals surface area (Å²) in [4.78, 5) is 2.70. The first-order chi connectivity index (χ1) is 8.17. The van der Waals surface area contributed by atoms with Gasteiger partial charge in [-0.1, -0.05) is 20.8 Å². The predicted octanol–water partition coefficient (Wildman–Crippen LogP) is 2.98. The van der Waals surface area contributed by atoms with Gasteiger partial charge in [-0.25, -0.2) is 0 Å². The smallest absolute Gasteiger partial charge is 0.0303 e. The lowest BCUT2D eigenvalue weighted by atomic mass is 9.92. The number of hydrogen-bond donors (Lipinski definition) is 1. The molecule has 1 fully saturated rings. The number of thioether (sulfide) groups is 1. The summed E-state index contributed by atoms with van der Waals surface area (Å²) < 4.78 is 0. The lowest BCUT2D eigenvalue weighted by Crippen LogP contribution is -2.52. The molecule has 17 heavy (non-hydrogen) atoms. The average Bonchev–Trinajstić information content (AvgIpc) is 2.59. The van der Waals surface area contributed by atoms with Crippen LogP contribution in [0, 0.1) is 0 Å². The van der Waals surface area contributed by atoms with Crippen molar-refractivity contribution >= 4 is 11.8 Å². The Bertz CT molecular complexity index is 204. The fourth-order valence-corrected chi connectivity index (χ4v) is 3.44. The van der Waals surface area contributed by atoms with E-state index in [0.717, 1.165) is 6.04 Å². The molecule has 3 heteroatoms. The van der Waals surface area contributed by atoms with E-state index >= 15 is 0 Å². The molecule has 1 rings (SSSR count). The summed E-state index contributed by atoms with van der Waals surface area (Å²) in [5, 5.41) is 3.79. The molecule has 0 radical (unpaired) electrons. The second kappa shape index (κ2) is 7.65. The molecule has 1 N–H and O–H groups in total. The van der Waals surface area contributed by atoms with Gasteiger partial charge in [-0.2, -0.15) is 11.8 Å². The van der Waals surface area contributed by atoms with Gasteiger partial charge in [-0.3, -0.25) is 4.90 Å². The molecular formula is C14H30N2S. The third-order valence-electron chi connectivity index (χ3n) is 4.17. The first kappa shape index (κ1) is 15.3. The van der Waals surface area contributed by atoms with Crippen LogP contribution in [0.5, 0.6) is 0 Å². The van der Waals surface area contributed by atoms with Crippen LogP contribution in [0.2, 0.25) is 0 Å². The highest BCUT2D eigenvalue weighted by Gasteiger charge is 2.31. The van der Waals surface area contributed by atoms with Crippen LogP contribution in [0.1, 0.15) is 47.0 Å². The van der Waals surface area contributed by atoms with E-state index in [1.165, 1.54) is 50.4 Å². The molecule has 2 nitrogen and oxygen atoms in total. The summed E-state index contributed by atoms with van der Waals surface area (Å²) in [6.45, 7) is 13.0. The van der Waals surface area contributed by atoms with E-state index in [0.29, 0.717) is 5.54 Å². The van der Waals surface area contributed by atoms with Gasteiger partial charge in [0, 0.05) is 23.9 Å². The van der Waals surface area contributed by atoms with Gasteiger partial charge >= 0.3 is 0 Å². The minimum absolute atomic E-state index is 0.363. The maximum atomic E-state index is 3.79. The summed E-state index contributed by atoms with van der Waals surface area (Å²) in [6, 6.07) is 0.720. The molecular weight excluding hydrogens is 228 g/mol. The first-order valence-corrected chi connectivity index (χ1v) is 8.39. The van der Waals surface area contributed by atoms with Crippen molar-refractivity contribution in [3.63, 3.8) is 0 Å². The Morgan fingerprint density at radius 2 is 2.00 bits per heavy atom. The van der Waals surface area contributed by atoms with Gasteiger partial charge in [0.1, 0.15) is 0 Å². The molecule has 0 aromatic rings. The number of hydrogen-bond acceptors (Lipinski definition) is 3. The Morgan fingerprint density at radius 1 is 1.29 bits per heavy atom. The maximum Gasteiger partial charge on any atom is 0.0303 e. The second-order valence-corrected chi connectivity index (χ2v) is 6.57. The Labute approximate surface area is 112 Å². The summed E-state index contributed by atoms with van der Waals surface area (Å²) in [5.74, 6) is 2.52. The van der Waals surface area contributed by atoms with E-state index in [-0.39, 0.29) is 0 Å². The Hall–Kier alpha value is 0.270. The molecule has 1 atom stereocenters. The van der Waals surface area contributed by atoms with Gasteiger partial charge in [0.2, 0.25) is 0 Å². The highest BCUT2D eigenvalue weighted by molar-refractivity contribution is 7.99. The van der Waals surface area contributed by atoms with E-state index in [2.05, 4.69) is 49.7 Å². The van der Waals surface area contributed by atoms with Crippen LogP contribution in [0.25, 0.3) is 0 Å². The molecule has 102 valence electrons. The van der Waals surface area contributed by atoms with Gasteiger partial charge in [0.25, 0.3) is 0 Å². The first-order valence-electron chi connectivity index (χ1n) is 7.24. The zero-order valence-corrected chi connectivity index (χ0v) is 12.9. The van der Waals surface area contributed by atoms with Crippen molar-refractivity contribution in [1.29, 1.82) is 0 Å². The molecule has 1 saturated heterocycles. The van der Waals surface area contributed by atoms with Crippen LogP contribution in [-0.4, -0.2) is 47.6 Å². The number of rotatable bonds is 6. The van der Waals surface area contributed by atoms with Gasteiger partial charge in [0.15, 0.2) is 0 Å². The standard InChI is InChI=1S/C14H30N2S/c1-5-14(6-2)12-16(10-8-9-15-14)13(4)11-17-7-3/h13,15H,5-12H2,1-4H3. The van der Waals surface area contributed by atoms with E-state index in [9.17, 15) is 0 Å². The maximum absolute atomic E-state index is 3.79. The highest BCUT2D eigenvalue weighted by Crippen LogP contribution is 2.22. The van der Waals surface area contributed by atoms with Crippen LogP contribution < -0.4 is 5.32 Å². The van der Waals surface area contributed by atoms with Crippen molar-refractivity contribution in [2.45, 2.75) is 58.5 Å². The summed E-state index contributed by atoms with van der Waals surface area (Å²) in [7, 11) is 0. The molecule has 0 bridgehead atoms. The van der Waals surface area contributed by atoms with Crippen molar-refractivity contribution in [2.24, 2.45) is 0 Å². The summed E-state index contributed by atoms with van der Waals surface area (Å²) in [6.07, 6.45) is 3.78. The van der Waals surface area contributed by atoms with Gasteiger partial charge < -0.3 is 5.32 Å². The third kappa shape index (κ3) is 4.46. The quantitative estimate of drug-likeness (QED) is 0.788. The molecule has 1 unspecified atom stereocenters. The summed E-state index contributed by atoms with van der Waals surface area (Å²) >= 11 is 2.07. The molecule has 0 spiro atoms. The number of nitrogens with zero attached hydrogens (tertiary/aromatic N) is 1. The zero-order valence-electron chi connectivity index (χ0n) is 12.1. The van der Waals surface area contributed by atoms with Gasteiger partial charge in [0.05, 0.1) is 0 Å². The van der Waals surface area contributed by atoms with Crippen LogP contribution in [0.3, 0.4) is 0 Å². The van der Waals surface area contributed by atoms with E-state index in [4.69, 9.17) is 0 Å². The average molecular weight is 258 g/mol. The Balaban J connectivity index is 2.58. The van der Waals surface area contributed by atoms with Crippen molar-refractivity contribution in [1.82, 2.24) is 10.2 Å². The van der Waals surface area contributed by atoms with Crippen LogP contribution in [0.4, 0.5) is 0 Å². The topological polar surface area (TPSA) is 15.3 Å². The predicted molar refractivity (Wildman–Crippen MR) is 80.0 cm³/mol. The van der Waals surface area contributed by atoms with Gasteiger partial charge in [-0.15, -0.1) is 0 Å². The minimum Gasteiger partial charge on any atom is -0.310 e. The van der Waals surface area contributed by atoms with Crippen LogP contribution in [-0.2, 0) is 0 Å². The Kier molecular flexibility index (Phi) is 6.90. The van der Waals surface area contributed by atoms with Crippen LogP contribution in [0.15, 0.2) is 0 Å². The molecule has 0 aromatic heterocycles. The number of nitrogens with one attached hydrogen (secondary N) is 1. The van der Waals surface area contributed by atoms with E-state index in [1.807, 2.05) is 0 Å². The fraction of sp³-hybridized carbons (Fsp3) is 1.00. The lowest BCUT2D eigenvalue weighted by molar-refractivity contribution is 0.167. The lowest BCUT2D eigenvalue weighted by Gasteiger charge is -2.38. The largest absolute Gasteiger partial charge is 0.310 e. The summed E-state index contributed by atoms with van der Waals surface area (Å²) in [5.41, 5.74) is 0.363. The molecule has 1 aliphatic rings. The SMILES string of the molecule is CCSCC(C)N1CCCNC(CC)(CC)C1. The van der Waals surface area contributed by atoms with Crippen molar-refractivity contribution in [2.75, 3.05) is 31.1 Å². The van der Waals surface area contributed by atoms with E-state index in [1.54, 1.807) is 0 Å². The molecule has 0 saturated carbocycles. The highest BCUT2D eigenvalue weighted by atomic mass is 32.2. The zero-order chi connectivity index (χ0) is 12.7. The van der Waals surface area contributed by atoms with E-state index < -0.39 is 0 Å². The normalized spacial score (nSPS) is 23.3. The third-order valence-corrected chi connectivity index (χ3v) is 5.29. The monoisotopic (exact) mass is 258 g/mol. The fourth-order valence-electron chi connectivity index (χ4n) is 2.65.